The highest BCUT2D eigenvalue weighted by Gasteiger charge is 2.26. The molecule has 1 aromatic carbocycles. The molecule has 2 aliphatic rings. The van der Waals surface area contributed by atoms with Crippen LogP contribution in [-0.2, 0) is 5.75 Å². The van der Waals surface area contributed by atoms with Crippen molar-refractivity contribution >= 4 is 46.9 Å². The maximum atomic E-state index is 5.95. The molecule has 0 N–H and O–H groups in total. The van der Waals surface area contributed by atoms with E-state index in [2.05, 4.69) is 20.0 Å². The smallest absolute Gasteiger partial charge is 0.163 e. The fourth-order valence-corrected chi connectivity index (χ4v) is 2.84. The third kappa shape index (κ3) is 2.37. The Balaban J connectivity index is 1.70. The molecule has 1 unspecified atom stereocenters. The van der Waals surface area contributed by atoms with E-state index < -0.39 is 0 Å². The summed E-state index contributed by atoms with van der Waals surface area (Å²) in [4.78, 5) is 16.7. The van der Waals surface area contributed by atoms with Gasteiger partial charge in [-0.15, -0.1) is 11.8 Å². The van der Waals surface area contributed by atoms with Crippen molar-refractivity contribution in [2.24, 2.45) is 20.0 Å². The van der Waals surface area contributed by atoms with Crippen LogP contribution < -0.4 is 0 Å². The van der Waals surface area contributed by atoms with Gasteiger partial charge in [-0.2, -0.15) is 0 Å². The normalized spacial score (nSPS) is 20.6. The standard InChI is InChI=1S/C12H9ClN4S/c13-9-3-1-2-8(4-9)5-18-12-10-11(15-6-14-10)16-7-17-12/h1-4,6-7,10H,5H2. The molecule has 0 fully saturated rings. The summed E-state index contributed by atoms with van der Waals surface area (Å²) in [6.45, 7) is 0. The molecule has 0 bridgehead atoms. The van der Waals surface area contributed by atoms with Crippen LogP contribution in [0, 0.1) is 0 Å². The molecule has 0 saturated carbocycles. The quantitative estimate of drug-likeness (QED) is 0.819. The molecule has 2 aliphatic heterocycles. The minimum absolute atomic E-state index is 0.112. The Morgan fingerprint density at radius 3 is 3.06 bits per heavy atom. The van der Waals surface area contributed by atoms with Crippen LogP contribution in [0.2, 0.25) is 5.02 Å². The average Bonchev–Trinajstić information content (AvgIpc) is 2.85. The summed E-state index contributed by atoms with van der Waals surface area (Å²) in [5, 5.41) is 1.68. The molecule has 0 aromatic heterocycles. The van der Waals surface area contributed by atoms with Crippen LogP contribution in [0.1, 0.15) is 5.56 Å². The molecule has 6 heteroatoms. The van der Waals surface area contributed by atoms with E-state index in [1.165, 1.54) is 12.7 Å². The Hall–Kier alpha value is -1.46. The van der Waals surface area contributed by atoms with Gasteiger partial charge in [-0.25, -0.2) is 15.0 Å². The van der Waals surface area contributed by atoms with Crippen LogP contribution in [0.4, 0.5) is 0 Å². The number of hydrogen-bond donors (Lipinski definition) is 0. The first-order valence-corrected chi connectivity index (χ1v) is 6.76. The zero-order valence-corrected chi connectivity index (χ0v) is 10.9. The molecule has 90 valence electrons. The summed E-state index contributed by atoms with van der Waals surface area (Å²) in [6, 6.07) is 7.71. The minimum atomic E-state index is -0.112. The Morgan fingerprint density at radius 1 is 1.22 bits per heavy atom. The second kappa shape index (κ2) is 5.04. The van der Waals surface area contributed by atoms with Crippen molar-refractivity contribution in [2.75, 3.05) is 0 Å². The van der Waals surface area contributed by atoms with E-state index in [0.717, 1.165) is 27.2 Å². The van der Waals surface area contributed by atoms with Crippen molar-refractivity contribution in [3.05, 3.63) is 34.9 Å². The average molecular weight is 277 g/mol. The first-order valence-electron chi connectivity index (χ1n) is 5.40. The van der Waals surface area contributed by atoms with Crippen LogP contribution in [0.15, 0.2) is 44.2 Å². The first-order chi connectivity index (χ1) is 8.83. The van der Waals surface area contributed by atoms with Crippen LogP contribution >= 0.6 is 23.4 Å². The zero-order valence-electron chi connectivity index (χ0n) is 9.32. The number of rotatable bonds is 2. The van der Waals surface area contributed by atoms with Gasteiger partial charge in [0.15, 0.2) is 11.9 Å². The molecule has 1 atom stereocenters. The molecule has 0 aliphatic carbocycles. The van der Waals surface area contributed by atoms with Crippen LogP contribution in [0.5, 0.6) is 0 Å². The monoisotopic (exact) mass is 276 g/mol. The van der Waals surface area contributed by atoms with Gasteiger partial charge in [-0.05, 0) is 17.7 Å². The number of thioether (sulfide) groups is 1. The fourth-order valence-electron chi connectivity index (χ4n) is 1.69. The zero-order chi connectivity index (χ0) is 12.4. The number of amidine groups is 1. The summed E-state index contributed by atoms with van der Waals surface area (Å²) in [6.07, 6.45) is 3.07. The number of hydrogen-bond acceptors (Lipinski definition) is 5. The van der Waals surface area contributed by atoms with Gasteiger partial charge in [0.2, 0.25) is 0 Å². The molecule has 3 rings (SSSR count). The molecule has 18 heavy (non-hydrogen) atoms. The predicted molar refractivity (Wildman–Crippen MR) is 78.4 cm³/mol. The van der Waals surface area contributed by atoms with Crippen molar-refractivity contribution in [3.63, 3.8) is 0 Å². The molecule has 0 radical (unpaired) electrons. The molecular weight excluding hydrogens is 268 g/mol. The van der Waals surface area contributed by atoms with E-state index >= 15 is 0 Å². The van der Waals surface area contributed by atoms with E-state index in [1.807, 2.05) is 24.3 Å². The van der Waals surface area contributed by atoms with Crippen molar-refractivity contribution in [2.45, 2.75) is 11.8 Å². The van der Waals surface area contributed by atoms with Crippen molar-refractivity contribution in [3.8, 4) is 0 Å². The third-order valence-corrected chi connectivity index (χ3v) is 3.87. The number of halogens is 1. The number of fused-ring (bicyclic) bond motifs is 1. The lowest BCUT2D eigenvalue weighted by molar-refractivity contribution is 1.16. The van der Waals surface area contributed by atoms with E-state index in [1.54, 1.807) is 11.8 Å². The molecule has 0 saturated heterocycles. The van der Waals surface area contributed by atoms with Gasteiger partial charge in [0.1, 0.15) is 17.7 Å². The largest absolute Gasteiger partial charge is 0.255 e. The van der Waals surface area contributed by atoms with Gasteiger partial charge >= 0.3 is 0 Å². The van der Waals surface area contributed by atoms with Crippen LogP contribution in [-0.4, -0.2) is 29.6 Å². The highest BCUT2D eigenvalue weighted by molar-refractivity contribution is 8.13. The highest BCUT2D eigenvalue weighted by Crippen LogP contribution is 2.23. The summed E-state index contributed by atoms with van der Waals surface area (Å²) >= 11 is 7.59. The van der Waals surface area contributed by atoms with E-state index in [4.69, 9.17) is 11.6 Å². The van der Waals surface area contributed by atoms with Gasteiger partial charge in [0.25, 0.3) is 0 Å². The van der Waals surface area contributed by atoms with E-state index in [9.17, 15) is 0 Å². The van der Waals surface area contributed by atoms with E-state index in [-0.39, 0.29) is 6.04 Å². The summed E-state index contributed by atoms with van der Waals surface area (Å²) in [7, 11) is 0. The van der Waals surface area contributed by atoms with Gasteiger partial charge in [-0.3, -0.25) is 4.99 Å². The Labute approximate surface area is 114 Å². The highest BCUT2D eigenvalue weighted by atomic mass is 35.5. The lowest BCUT2D eigenvalue weighted by Gasteiger charge is -2.13. The fraction of sp³-hybridized carbons (Fsp3) is 0.167. The third-order valence-electron chi connectivity index (χ3n) is 2.53. The molecule has 0 amide bonds. The molecule has 1 aromatic rings. The lowest BCUT2D eigenvalue weighted by atomic mass is 10.2. The predicted octanol–water partition coefficient (Wildman–Crippen LogP) is 2.82. The summed E-state index contributed by atoms with van der Waals surface area (Å²) in [5.74, 6) is 1.53. The van der Waals surface area contributed by atoms with Crippen molar-refractivity contribution < 1.29 is 0 Å². The second-order valence-electron chi connectivity index (χ2n) is 3.78. The van der Waals surface area contributed by atoms with Crippen molar-refractivity contribution in [1.29, 1.82) is 0 Å². The Kier molecular flexibility index (Phi) is 3.25. The Morgan fingerprint density at radius 2 is 2.17 bits per heavy atom. The molecular formula is C12H9ClN4S. The molecule has 0 spiro atoms. The van der Waals surface area contributed by atoms with Gasteiger partial charge in [0, 0.05) is 10.8 Å². The number of aliphatic imine (C=N–C) groups is 4. The van der Waals surface area contributed by atoms with E-state index in [0.29, 0.717) is 0 Å². The number of benzene rings is 1. The minimum Gasteiger partial charge on any atom is -0.255 e. The number of nitrogens with zero attached hydrogens (tertiary/aromatic N) is 4. The van der Waals surface area contributed by atoms with Crippen molar-refractivity contribution in [1.82, 2.24) is 0 Å². The van der Waals surface area contributed by atoms with Gasteiger partial charge in [0.05, 0.1) is 0 Å². The molecule has 4 nitrogen and oxygen atoms in total. The first kappa shape index (κ1) is 11.6. The van der Waals surface area contributed by atoms with Crippen LogP contribution in [0.3, 0.4) is 0 Å². The molecule has 2 heterocycles. The second-order valence-corrected chi connectivity index (χ2v) is 5.22. The topological polar surface area (TPSA) is 49.4 Å². The maximum Gasteiger partial charge on any atom is 0.163 e. The van der Waals surface area contributed by atoms with Gasteiger partial charge < -0.3 is 0 Å². The van der Waals surface area contributed by atoms with Gasteiger partial charge in [-0.1, -0.05) is 23.7 Å². The Bertz CT molecular complexity index is 591. The summed E-state index contributed by atoms with van der Waals surface area (Å²) in [5.41, 5.74) is 1.16. The van der Waals surface area contributed by atoms with Crippen LogP contribution in [0.25, 0.3) is 0 Å². The summed E-state index contributed by atoms with van der Waals surface area (Å²) < 4.78 is 0. The lowest BCUT2D eigenvalue weighted by Crippen LogP contribution is -2.25. The maximum absolute atomic E-state index is 5.95. The SMILES string of the molecule is Clc1cccc(CSC2=NC=NC3=NC=NC32)c1.